The molecule has 0 spiro atoms. The minimum absolute atomic E-state index is 0.363. The Morgan fingerprint density at radius 2 is 1.81 bits per heavy atom. The van der Waals surface area contributed by atoms with Crippen LogP contribution in [-0.2, 0) is 0 Å². The first-order valence-corrected chi connectivity index (χ1v) is 6.58. The Kier molecular flexibility index (Phi) is 3.47. The van der Waals surface area contributed by atoms with Crippen LogP contribution in [0.5, 0.6) is 0 Å². The van der Waals surface area contributed by atoms with Crippen LogP contribution in [0.4, 0.5) is 0 Å². The minimum atomic E-state index is -0.363. The fourth-order valence-corrected chi connectivity index (χ4v) is 1.95. The van der Waals surface area contributed by atoms with Crippen molar-refractivity contribution in [3.63, 3.8) is 0 Å². The summed E-state index contributed by atoms with van der Waals surface area (Å²) in [6.07, 6.45) is 1.63. The minimum Gasteiger partial charge on any atom is -0.244 e. The summed E-state index contributed by atoms with van der Waals surface area (Å²) in [6, 6.07) is 17.4. The first-order valence-electron chi connectivity index (χ1n) is 6.58. The van der Waals surface area contributed by atoms with Crippen LogP contribution in [0, 0.1) is 6.92 Å². The molecule has 0 unspecified atom stereocenters. The lowest BCUT2D eigenvalue weighted by molar-refractivity contribution is 0.842. The molecule has 1 N–H and O–H groups in total. The number of hydrogen-bond acceptors (Lipinski definition) is 3. The summed E-state index contributed by atoms with van der Waals surface area (Å²) in [7, 11) is 0. The molecule has 0 fully saturated rings. The lowest BCUT2D eigenvalue weighted by Gasteiger charge is -2.00. The van der Waals surface area contributed by atoms with Gasteiger partial charge in [-0.05, 0) is 12.5 Å². The number of nitrogens with one attached hydrogen (secondary N) is 1. The first kappa shape index (κ1) is 13.1. The first-order chi connectivity index (χ1) is 10.2. The molecule has 3 aromatic rings. The van der Waals surface area contributed by atoms with Crippen molar-refractivity contribution >= 4 is 6.21 Å². The van der Waals surface area contributed by atoms with E-state index >= 15 is 0 Å². The third-order valence-electron chi connectivity index (χ3n) is 3.08. The quantitative estimate of drug-likeness (QED) is 0.748. The van der Waals surface area contributed by atoms with Gasteiger partial charge in [-0.2, -0.15) is 14.9 Å². The van der Waals surface area contributed by atoms with E-state index < -0.39 is 0 Å². The topological polar surface area (TPSA) is 63.0 Å². The predicted molar refractivity (Wildman–Crippen MR) is 82.5 cm³/mol. The fraction of sp³-hybridized carbons (Fsp3) is 0.0625. The molecule has 1 heterocycles. The molecule has 3 rings (SSSR count). The van der Waals surface area contributed by atoms with Gasteiger partial charge in [-0.15, -0.1) is 0 Å². The van der Waals surface area contributed by atoms with Crippen LogP contribution in [0.3, 0.4) is 0 Å². The molecule has 0 atom stereocenters. The predicted octanol–water partition coefficient (Wildman–Crippen LogP) is 2.43. The maximum absolute atomic E-state index is 11.8. The normalized spacial score (nSPS) is 11.1. The molecule has 0 aliphatic carbocycles. The summed E-state index contributed by atoms with van der Waals surface area (Å²) >= 11 is 0. The van der Waals surface area contributed by atoms with Crippen molar-refractivity contribution in [3.05, 3.63) is 76.2 Å². The van der Waals surface area contributed by atoms with Gasteiger partial charge in [0.1, 0.15) is 0 Å². The lowest BCUT2D eigenvalue weighted by Crippen LogP contribution is -2.13. The van der Waals surface area contributed by atoms with E-state index in [2.05, 4.69) is 15.3 Å². The van der Waals surface area contributed by atoms with Gasteiger partial charge in [0.05, 0.1) is 6.21 Å². The van der Waals surface area contributed by atoms with Crippen molar-refractivity contribution in [1.29, 1.82) is 0 Å². The Morgan fingerprint density at radius 3 is 2.52 bits per heavy atom. The smallest absolute Gasteiger partial charge is 0.244 e. The van der Waals surface area contributed by atoms with Gasteiger partial charge in [0, 0.05) is 5.56 Å². The second-order valence-electron chi connectivity index (χ2n) is 4.69. The fourth-order valence-electron chi connectivity index (χ4n) is 1.95. The molecule has 5 nitrogen and oxygen atoms in total. The molecular weight excluding hydrogens is 264 g/mol. The number of aromatic nitrogens is 3. The van der Waals surface area contributed by atoms with Crippen LogP contribution in [0.15, 0.2) is 64.5 Å². The Balaban J connectivity index is 2.00. The average Bonchev–Trinajstić information content (AvgIpc) is 2.88. The highest BCUT2D eigenvalue weighted by molar-refractivity contribution is 5.79. The Labute approximate surface area is 121 Å². The van der Waals surface area contributed by atoms with Gasteiger partial charge in [0.2, 0.25) is 0 Å². The van der Waals surface area contributed by atoms with Crippen molar-refractivity contribution in [1.82, 2.24) is 14.9 Å². The maximum atomic E-state index is 11.8. The summed E-state index contributed by atoms with van der Waals surface area (Å²) in [5, 5.41) is 10.7. The standard InChI is InChI=1S/C16H14N4O/c1-12-7-9-14(10-8-12)15-18-19-16(21)20(15)17-11-13-5-3-2-4-6-13/h2-11H,1H3,(H,19,21)/b17-11-. The summed E-state index contributed by atoms with van der Waals surface area (Å²) in [5.41, 5.74) is 2.54. The van der Waals surface area contributed by atoms with E-state index in [9.17, 15) is 4.79 Å². The van der Waals surface area contributed by atoms with Crippen LogP contribution >= 0.6 is 0 Å². The summed E-state index contributed by atoms with van der Waals surface area (Å²) in [4.78, 5) is 11.8. The maximum Gasteiger partial charge on any atom is 0.364 e. The Morgan fingerprint density at radius 1 is 1.10 bits per heavy atom. The summed E-state index contributed by atoms with van der Waals surface area (Å²) in [5.74, 6) is 0.493. The molecule has 0 saturated carbocycles. The van der Waals surface area contributed by atoms with E-state index in [4.69, 9.17) is 0 Å². The molecule has 1 aromatic heterocycles. The molecule has 2 aromatic carbocycles. The van der Waals surface area contributed by atoms with Crippen LogP contribution in [0.1, 0.15) is 11.1 Å². The van der Waals surface area contributed by atoms with Gasteiger partial charge in [-0.1, -0.05) is 60.2 Å². The monoisotopic (exact) mass is 278 g/mol. The summed E-state index contributed by atoms with van der Waals surface area (Å²) < 4.78 is 1.26. The van der Waals surface area contributed by atoms with Crippen LogP contribution in [-0.4, -0.2) is 21.1 Å². The van der Waals surface area contributed by atoms with Gasteiger partial charge in [0.25, 0.3) is 0 Å². The van der Waals surface area contributed by atoms with Gasteiger partial charge in [-0.3, -0.25) is 0 Å². The highest BCUT2D eigenvalue weighted by Crippen LogP contribution is 2.15. The third-order valence-corrected chi connectivity index (χ3v) is 3.08. The van der Waals surface area contributed by atoms with Crippen LogP contribution < -0.4 is 5.69 Å². The zero-order chi connectivity index (χ0) is 14.7. The van der Waals surface area contributed by atoms with Gasteiger partial charge >= 0.3 is 5.69 Å². The second-order valence-corrected chi connectivity index (χ2v) is 4.69. The molecule has 0 amide bonds. The molecule has 0 aliphatic heterocycles. The van der Waals surface area contributed by atoms with E-state index in [1.165, 1.54) is 4.68 Å². The zero-order valence-electron chi connectivity index (χ0n) is 11.5. The number of nitrogens with zero attached hydrogens (tertiary/aromatic N) is 3. The van der Waals surface area contributed by atoms with Crippen LogP contribution in [0.2, 0.25) is 0 Å². The average molecular weight is 278 g/mol. The third kappa shape index (κ3) is 2.81. The van der Waals surface area contributed by atoms with Crippen LogP contribution in [0.25, 0.3) is 11.4 Å². The van der Waals surface area contributed by atoms with E-state index in [0.29, 0.717) is 5.82 Å². The van der Waals surface area contributed by atoms with E-state index in [0.717, 1.165) is 16.7 Å². The van der Waals surface area contributed by atoms with Crippen molar-refractivity contribution in [3.8, 4) is 11.4 Å². The van der Waals surface area contributed by atoms with Gasteiger partial charge in [-0.25, -0.2) is 9.89 Å². The second kappa shape index (κ2) is 5.58. The molecule has 0 aliphatic rings. The van der Waals surface area contributed by atoms with Gasteiger partial charge < -0.3 is 0 Å². The highest BCUT2D eigenvalue weighted by Gasteiger charge is 2.09. The number of hydrogen-bond donors (Lipinski definition) is 1. The number of rotatable bonds is 3. The van der Waals surface area contributed by atoms with E-state index in [-0.39, 0.29) is 5.69 Å². The number of H-pyrrole nitrogens is 1. The molecule has 0 bridgehead atoms. The summed E-state index contributed by atoms with van der Waals surface area (Å²) in [6.45, 7) is 2.01. The SMILES string of the molecule is Cc1ccc(-c2n[nH]c(=O)n2/N=C\c2ccccc2)cc1. The Hall–Kier alpha value is -2.95. The number of aromatic amines is 1. The van der Waals surface area contributed by atoms with E-state index in [1.54, 1.807) is 6.21 Å². The lowest BCUT2D eigenvalue weighted by atomic mass is 10.1. The molecular formula is C16H14N4O. The van der Waals surface area contributed by atoms with E-state index in [1.807, 2.05) is 61.5 Å². The number of benzene rings is 2. The molecule has 0 saturated heterocycles. The zero-order valence-corrected chi connectivity index (χ0v) is 11.5. The highest BCUT2D eigenvalue weighted by atomic mass is 16.2. The molecule has 104 valence electrons. The molecule has 5 heteroatoms. The van der Waals surface area contributed by atoms with Crippen molar-refractivity contribution in [2.45, 2.75) is 6.92 Å². The molecule has 0 radical (unpaired) electrons. The largest absolute Gasteiger partial charge is 0.364 e. The van der Waals surface area contributed by atoms with Gasteiger partial charge in [0.15, 0.2) is 5.82 Å². The Bertz CT molecular complexity index is 813. The van der Waals surface area contributed by atoms with Crippen molar-refractivity contribution in [2.24, 2.45) is 5.10 Å². The number of aryl methyl sites for hydroxylation is 1. The van der Waals surface area contributed by atoms with Crippen molar-refractivity contribution in [2.75, 3.05) is 0 Å². The van der Waals surface area contributed by atoms with Crippen molar-refractivity contribution < 1.29 is 0 Å². The molecule has 21 heavy (non-hydrogen) atoms.